The van der Waals surface area contributed by atoms with Crippen LogP contribution in [0, 0.1) is 0 Å². The Hall–Kier alpha value is -1.90. The number of hydrogen-bond acceptors (Lipinski definition) is 4. The van der Waals surface area contributed by atoms with E-state index in [4.69, 9.17) is 4.74 Å². The van der Waals surface area contributed by atoms with Crippen LogP contribution in [-0.2, 0) is 21.2 Å². The Morgan fingerprint density at radius 2 is 1.78 bits per heavy atom. The van der Waals surface area contributed by atoms with Gasteiger partial charge in [0.25, 0.3) is 0 Å². The van der Waals surface area contributed by atoms with Crippen LogP contribution in [0.3, 0.4) is 0 Å². The highest BCUT2D eigenvalue weighted by molar-refractivity contribution is 9.10. The zero-order valence-corrected chi connectivity index (χ0v) is 17.4. The van der Waals surface area contributed by atoms with Gasteiger partial charge in [0.15, 0.2) is 0 Å². The van der Waals surface area contributed by atoms with Crippen molar-refractivity contribution >= 4 is 31.9 Å². The Kier molecular flexibility index (Phi) is 6.18. The van der Waals surface area contributed by atoms with E-state index in [1.165, 1.54) is 4.31 Å². The van der Waals surface area contributed by atoms with Crippen molar-refractivity contribution in [1.82, 2.24) is 9.21 Å². The molecular formula is C19H21BrN2O4S. The number of methoxy groups -OCH3 is 1. The summed E-state index contributed by atoms with van der Waals surface area (Å²) in [5, 5.41) is 0. The molecule has 0 spiro atoms. The number of nitrogens with zero attached hydrogens (tertiary/aromatic N) is 2. The third-order valence-corrected chi connectivity index (χ3v) is 6.90. The summed E-state index contributed by atoms with van der Waals surface area (Å²) in [5.41, 5.74) is 0.878. The zero-order valence-electron chi connectivity index (χ0n) is 15.0. The van der Waals surface area contributed by atoms with Crippen molar-refractivity contribution in [2.24, 2.45) is 0 Å². The Morgan fingerprint density at radius 3 is 2.44 bits per heavy atom. The van der Waals surface area contributed by atoms with Gasteiger partial charge in [-0.25, -0.2) is 8.42 Å². The number of rotatable bonds is 5. The fourth-order valence-electron chi connectivity index (χ4n) is 3.02. The molecule has 0 bridgehead atoms. The highest BCUT2D eigenvalue weighted by Crippen LogP contribution is 2.21. The summed E-state index contributed by atoms with van der Waals surface area (Å²) >= 11 is 3.30. The zero-order chi connectivity index (χ0) is 19.4. The van der Waals surface area contributed by atoms with Crippen LogP contribution in [0.25, 0.3) is 0 Å². The Morgan fingerprint density at radius 1 is 1.07 bits per heavy atom. The molecule has 2 aromatic carbocycles. The van der Waals surface area contributed by atoms with Gasteiger partial charge in [0, 0.05) is 30.7 Å². The number of halogens is 1. The molecule has 27 heavy (non-hydrogen) atoms. The number of carbonyl (C=O) groups is 1. The monoisotopic (exact) mass is 452 g/mol. The highest BCUT2D eigenvalue weighted by atomic mass is 79.9. The Bertz CT molecular complexity index is 925. The summed E-state index contributed by atoms with van der Waals surface area (Å²) in [6.07, 6.45) is 0.273. The van der Waals surface area contributed by atoms with Crippen molar-refractivity contribution < 1.29 is 17.9 Å². The fraction of sp³-hybridized carbons (Fsp3) is 0.316. The molecule has 0 aromatic heterocycles. The van der Waals surface area contributed by atoms with Gasteiger partial charge in [0.2, 0.25) is 15.9 Å². The van der Waals surface area contributed by atoms with Crippen molar-refractivity contribution in [3.63, 3.8) is 0 Å². The molecule has 1 amide bonds. The summed E-state index contributed by atoms with van der Waals surface area (Å²) < 4.78 is 32.9. The van der Waals surface area contributed by atoms with Gasteiger partial charge >= 0.3 is 0 Å². The molecule has 0 aliphatic carbocycles. The maximum absolute atomic E-state index is 12.8. The average molecular weight is 453 g/mol. The summed E-state index contributed by atoms with van der Waals surface area (Å²) in [7, 11) is -1.96. The average Bonchev–Trinajstić information content (AvgIpc) is 2.68. The molecule has 1 saturated heterocycles. The Labute approximate surface area is 167 Å². The molecule has 0 atom stereocenters. The smallest absolute Gasteiger partial charge is 0.243 e. The molecule has 144 valence electrons. The summed E-state index contributed by atoms with van der Waals surface area (Å²) in [4.78, 5) is 14.5. The lowest BCUT2D eigenvalue weighted by Crippen LogP contribution is -2.50. The van der Waals surface area contributed by atoms with Gasteiger partial charge in [-0.15, -0.1) is 0 Å². The molecule has 2 aromatic rings. The van der Waals surface area contributed by atoms with E-state index in [2.05, 4.69) is 15.9 Å². The van der Waals surface area contributed by atoms with Crippen LogP contribution in [0.2, 0.25) is 0 Å². The van der Waals surface area contributed by atoms with Crippen LogP contribution in [0.15, 0.2) is 57.9 Å². The van der Waals surface area contributed by atoms with Crippen molar-refractivity contribution in [1.29, 1.82) is 0 Å². The molecule has 8 heteroatoms. The van der Waals surface area contributed by atoms with Gasteiger partial charge in [0.1, 0.15) is 5.75 Å². The maximum Gasteiger partial charge on any atom is 0.243 e. The first-order chi connectivity index (χ1) is 12.9. The standard InChI is InChI=1S/C19H21BrN2O4S/c1-26-17-6-2-4-15(12-17)13-19(23)21-8-10-22(11-9-21)27(24,25)18-7-3-5-16(20)14-18/h2-7,12,14H,8-11,13H2,1H3. The first-order valence-corrected chi connectivity index (χ1v) is 10.8. The third kappa shape index (κ3) is 4.69. The van der Waals surface area contributed by atoms with Crippen LogP contribution in [0.1, 0.15) is 5.56 Å². The van der Waals surface area contributed by atoms with E-state index in [1.807, 2.05) is 24.3 Å². The third-order valence-electron chi connectivity index (χ3n) is 4.51. The number of ether oxygens (including phenoxy) is 1. The molecule has 1 heterocycles. The second kappa shape index (κ2) is 8.41. The van der Waals surface area contributed by atoms with E-state index in [0.717, 1.165) is 10.0 Å². The predicted molar refractivity (Wildman–Crippen MR) is 106 cm³/mol. The molecule has 1 fully saturated rings. The minimum Gasteiger partial charge on any atom is -0.497 e. The molecular weight excluding hydrogens is 432 g/mol. The topological polar surface area (TPSA) is 66.9 Å². The van der Waals surface area contributed by atoms with Crippen molar-refractivity contribution in [2.75, 3.05) is 33.3 Å². The molecule has 0 N–H and O–H groups in total. The highest BCUT2D eigenvalue weighted by Gasteiger charge is 2.30. The van der Waals surface area contributed by atoms with Gasteiger partial charge in [0.05, 0.1) is 18.4 Å². The summed E-state index contributed by atoms with van der Waals surface area (Å²) in [5.74, 6) is 0.702. The number of benzene rings is 2. The normalized spacial score (nSPS) is 15.6. The second-order valence-electron chi connectivity index (χ2n) is 6.27. The molecule has 0 radical (unpaired) electrons. The van der Waals surface area contributed by atoms with Crippen LogP contribution < -0.4 is 4.74 Å². The maximum atomic E-state index is 12.8. The lowest BCUT2D eigenvalue weighted by molar-refractivity contribution is -0.131. The van der Waals surface area contributed by atoms with E-state index >= 15 is 0 Å². The number of carbonyl (C=O) groups excluding carboxylic acids is 1. The first-order valence-electron chi connectivity index (χ1n) is 8.56. The lowest BCUT2D eigenvalue weighted by Gasteiger charge is -2.34. The summed E-state index contributed by atoms with van der Waals surface area (Å²) in [6, 6.07) is 14.1. The van der Waals surface area contributed by atoms with Crippen LogP contribution in [-0.4, -0.2) is 56.8 Å². The minimum absolute atomic E-state index is 0.0113. The van der Waals surface area contributed by atoms with Gasteiger partial charge in [-0.05, 0) is 35.9 Å². The van der Waals surface area contributed by atoms with Gasteiger partial charge in [-0.3, -0.25) is 4.79 Å². The van der Waals surface area contributed by atoms with Gasteiger partial charge < -0.3 is 9.64 Å². The number of hydrogen-bond donors (Lipinski definition) is 0. The summed E-state index contributed by atoms with van der Waals surface area (Å²) in [6.45, 7) is 1.35. The molecule has 0 unspecified atom stereocenters. The largest absolute Gasteiger partial charge is 0.497 e. The SMILES string of the molecule is COc1cccc(CC(=O)N2CCN(S(=O)(=O)c3cccc(Br)c3)CC2)c1. The first kappa shape index (κ1) is 19.9. The van der Waals surface area contributed by atoms with Gasteiger partial charge in [-0.1, -0.05) is 34.1 Å². The molecule has 0 saturated carbocycles. The molecule has 3 rings (SSSR count). The van der Waals surface area contributed by atoms with Gasteiger partial charge in [-0.2, -0.15) is 4.31 Å². The van der Waals surface area contributed by atoms with E-state index in [-0.39, 0.29) is 17.2 Å². The fourth-order valence-corrected chi connectivity index (χ4v) is 5.04. The molecule has 6 nitrogen and oxygen atoms in total. The van der Waals surface area contributed by atoms with E-state index in [0.29, 0.717) is 31.9 Å². The lowest BCUT2D eigenvalue weighted by atomic mass is 10.1. The van der Waals surface area contributed by atoms with Crippen LogP contribution >= 0.6 is 15.9 Å². The number of piperazine rings is 1. The van der Waals surface area contributed by atoms with E-state index in [9.17, 15) is 13.2 Å². The van der Waals surface area contributed by atoms with Crippen LogP contribution in [0.4, 0.5) is 0 Å². The molecule has 1 aliphatic rings. The van der Waals surface area contributed by atoms with Crippen molar-refractivity contribution in [3.05, 3.63) is 58.6 Å². The second-order valence-corrected chi connectivity index (χ2v) is 9.12. The number of amides is 1. The number of sulfonamides is 1. The Balaban J connectivity index is 1.62. The predicted octanol–water partition coefficient (Wildman–Crippen LogP) is 2.53. The van der Waals surface area contributed by atoms with Crippen molar-refractivity contribution in [3.8, 4) is 5.75 Å². The quantitative estimate of drug-likeness (QED) is 0.698. The van der Waals surface area contributed by atoms with Crippen molar-refractivity contribution in [2.45, 2.75) is 11.3 Å². The molecule has 1 aliphatic heterocycles. The minimum atomic E-state index is -3.55. The van der Waals surface area contributed by atoms with E-state index in [1.54, 1.807) is 36.3 Å². The van der Waals surface area contributed by atoms with E-state index < -0.39 is 10.0 Å². The van der Waals surface area contributed by atoms with Crippen LogP contribution in [0.5, 0.6) is 5.75 Å².